The van der Waals surface area contributed by atoms with Gasteiger partial charge in [0.05, 0.1) is 0 Å². The molecule has 0 aromatic heterocycles. The molecule has 2 rings (SSSR count). The molecule has 0 amide bonds. The molecule has 3 heteroatoms. The summed E-state index contributed by atoms with van der Waals surface area (Å²) in [7, 11) is 0. The van der Waals surface area contributed by atoms with Crippen molar-refractivity contribution in [1.82, 2.24) is 0 Å². The molecule has 0 aliphatic carbocycles. The van der Waals surface area contributed by atoms with Crippen LogP contribution in [-0.2, 0) is 28.3 Å². The molecule has 0 saturated carbocycles. The molecule has 1 nitrogen and oxygen atoms in total. The third-order valence-corrected chi connectivity index (χ3v) is 2.32. The van der Waals surface area contributed by atoms with Crippen molar-refractivity contribution in [3.63, 3.8) is 0 Å². The van der Waals surface area contributed by atoms with Crippen molar-refractivity contribution in [2.75, 3.05) is 0 Å². The molecule has 0 saturated heterocycles. The maximum atomic E-state index is 10.3. The van der Waals surface area contributed by atoms with Gasteiger partial charge in [0, 0.05) is 6.42 Å². The van der Waals surface area contributed by atoms with Gasteiger partial charge in [0.2, 0.25) is 5.24 Å². The van der Waals surface area contributed by atoms with E-state index in [1.165, 1.54) is 5.56 Å². The Morgan fingerprint density at radius 1 is 1.18 bits per heavy atom. The molecule has 2 aromatic rings. The van der Waals surface area contributed by atoms with E-state index in [1.54, 1.807) is 0 Å². The van der Waals surface area contributed by atoms with E-state index in [-0.39, 0.29) is 22.3 Å². The molecule has 0 heterocycles. The Morgan fingerprint density at radius 2 is 1.88 bits per heavy atom. The summed E-state index contributed by atoms with van der Waals surface area (Å²) in [6.45, 7) is 0. The fourth-order valence-electron chi connectivity index (χ4n) is 1.33. The second-order valence-corrected chi connectivity index (χ2v) is 3.89. The van der Waals surface area contributed by atoms with Crippen LogP contribution in [0.2, 0.25) is 0 Å². The van der Waals surface area contributed by atoms with Crippen LogP contribution in [0.4, 0.5) is 0 Å². The van der Waals surface area contributed by atoms with Gasteiger partial charge in [-0.25, -0.2) is 24.3 Å². The third-order valence-electron chi connectivity index (χ3n) is 2.13. The summed E-state index contributed by atoms with van der Waals surface area (Å²) in [4.78, 5) is 10.3. The Bertz CT molecular complexity index is 348. The van der Waals surface area contributed by atoms with E-state index >= 15 is 0 Å². The fourth-order valence-corrected chi connectivity index (χ4v) is 1.47. The number of aryl methyl sites for hydroxylation is 1. The predicted molar refractivity (Wildman–Crippen MR) is 67.9 cm³/mol. The summed E-state index contributed by atoms with van der Waals surface area (Å²) in [5.74, 6) is 0. The number of halogens is 1. The van der Waals surface area contributed by atoms with Gasteiger partial charge in [0.1, 0.15) is 0 Å². The summed E-state index contributed by atoms with van der Waals surface area (Å²) in [5, 5.41) is -0.239. The molecule has 0 aliphatic rings. The zero-order chi connectivity index (χ0) is 11.6. The zero-order valence-corrected chi connectivity index (χ0v) is 11.3. The summed E-state index contributed by atoms with van der Waals surface area (Å²) in [5.41, 5.74) is 1.28. The van der Waals surface area contributed by atoms with Crippen LogP contribution in [0.5, 0.6) is 0 Å². The van der Waals surface area contributed by atoms with Crippen LogP contribution in [-0.4, -0.2) is 5.24 Å². The molecule has 0 atom stereocenters. The predicted octanol–water partition coefficient (Wildman–Crippen LogP) is 3.90. The smallest absolute Gasteiger partial charge is 0.281 e. The number of carbonyl (C=O) groups is 1. The minimum atomic E-state index is -0.239. The summed E-state index contributed by atoms with van der Waals surface area (Å²) in [6, 6.07) is 18.1. The first-order valence-electron chi connectivity index (χ1n) is 5.34. The quantitative estimate of drug-likeness (QED) is 0.474. The SMILES string of the molecule is O=C(Cl)CCCc1ccc[cH-]1.[Fe+2].c1cc[cH-]c1. The number of rotatable bonds is 4. The van der Waals surface area contributed by atoms with Crippen LogP contribution in [0.1, 0.15) is 18.4 Å². The Kier molecular flexibility index (Phi) is 9.84. The normalized spacial score (nSPS) is 8.76. The molecule has 0 spiro atoms. The molecule has 17 heavy (non-hydrogen) atoms. The topological polar surface area (TPSA) is 17.1 Å². The first kappa shape index (κ1) is 16.2. The van der Waals surface area contributed by atoms with Gasteiger partial charge in [-0.2, -0.15) is 35.9 Å². The van der Waals surface area contributed by atoms with Gasteiger partial charge < -0.3 is 0 Å². The van der Waals surface area contributed by atoms with Crippen LogP contribution in [0.3, 0.4) is 0 Å². The minimum Gasteiger partial charge on any atom is -0.281 e. The Labute approximate surface area is 118 Å². The summed E-state index contributed by atoms with van der Waals surface area (Å²) < 4.78 is 0. The van der Waals surface area contributed by atoms with E-state index in [9.17, 15) is 4.79 Å². The number of hydrogen-bond acceptors (Lipinski definition) is 1. The van der Waals surface area contributed by atoms with Crippen molar-refractivity contribution in [1.29, 1.82) is 0 Å². The van der Waals surface area contributed by atoms with Gasteiger partial charge in [-0.15, -0.1) is 0 Å². The standard InChI is InChI=1S/C9H10ClO.C5H5.Fe/c10-9(11)7-3-6-8-4-1-2-5-8;1-2-4-5-3-1;/h1-2,4-5H,3,6-7H2;1-5H;/q2*-1;+2. The van der Waals surface area contributed by atoms with E-state index in [2.05, 4.69) is 12.1 Å². The molecular weight excluding hydrogens is 275 g/mol. The van der Waals surface area contributed by atoms with Gasteiger partial charge in [0.15, 0.2) is 0 Å². The molecule has 0 N–H and O–H groups in total. The van der Waals surface area contributed by atoms with Crippen LogP contribution >= 0.6 is 11.6 Å². The van der Waals surface area contributed by atoms with Gasteiger partial charge in [-0.05, 0) is 18.0 Å². The Balaban J connectivity index is 0.000000360. The Hall–Kier alpha value is -0.821. The monoisotopic (exact) mass is 290 g/mol. The van der Waals surface area contributed by atoms with Gasteiger partial charge in [0.25, 0.3) is 0 Å². The van der Waals surface area contributed by atoms with Gasteiger partial charge >= 0.3 is 17.1 Å². The van der Waals surface area contributed by atoms with Crippen molar-refractivity contribution >= 4 is 16.8 Å². The van der Waals surface area contributed by atoms with Crippen molar-refractivity contribution < 1.29 is 21.9 Å². The molecule has 2 aromatic carbocycles. The fraction of sp³-hybridized carbons (Fsp3) is 0.214. The Morgan fingerprint density at radius 3 is 2.29 bits per heavy atom. The maximum Gasteiger partial charge on any atom is 2.00 e. The second-order valence-electron chi connectivity index (χ2n) is 3.46. The van der Waals surface area contributed by atoms with E-state index in [0.717, 1.165) is 12.8 Å². The van der Waals surface area contributed by atoms with Crippen molar-refractivity contribution in [3.8, 4) is 0 Å². The van der Waals surface area contributed by atoms with E-state index in [1.807, 2.05) is 42.5 Å². The third kappa shape index (κ3) is 8.93. The molecule has 0 radical (unpaired) electrons. The average molecular weight is 291 g/mol. The van der Waals surface area contributed by atoms with Crippen LogP contribution in [0.15, 0.2) is 54.6 Å². The zero-order valence-electron chi connectivity index (χ0n) is 9.46. The van der Waals surface area contributed by atoms with Crippen molar-refractivity contribution in [2.24, 2.45) is 0 Å². The molecule has 0 fully saturated rings. The second kappa shape index (κ2) is 10.3. The first-order valence-corrected chi connectivity index (χ1v) is 5.72. The summed E-state index contributed by atoms with van der Waals surface area (Å²) >= 11 is 5.18. The van der Waals surface area contributed by atoms with Gasteiger partial charge in [-0.3, -0.25) is 4.79 Å². The van der Waals surface area contributed by atoms with Crippen molar-refractivity contribution in [2.45, 2.75) is 19.3 Å². The van der Waals surface area contributed by atoms with E-state index in [0.29, 0.717) is 6.42 Å². The molecule has 0 bridgehead atoms. The first-order chi connectivity index (χ1) is 7.79. The molecule has 0 aliphatic heterocycles. The van der Waals surface area contributed by atoms with Crippen molar-refractivity contribution in [3.05, 3.63) is 60.2 Å². The van der Waals surface area contributed by atoms with Crippen LogP contribution in [0, 0.1) is 0 Å². The van der Waals surface area contributed by atoms with Gasteiger partial charge in [-0.1, -0.05) is 6.42 Å². The van der Waals surface area contributed by atoms with Crippen LogP contribution in [0.25, 0.3) is 0 Å². The largest absolute Gasteiger partial charge is 2.00 e. The molecule has 0 unspecified atom stereocenters. The minimum absolute atomic E-state index is 0. The van der Waals surface area contributed by atoms with Crippen LogP contribution < -0.4 is 0 Å². The number of carbonyl (C=O) groups excluding carboxylic acids is 1. The number of hydrogen-bond donors (Lipinski definition) is 0. The van der Waals surface area contributed by atoms with E-state index in [4.69, 9.17) is 11.6 Å². The summed E-state index contributed by atoms with van der Waals surface area (Å²) in [6.07, 6.45) is 2.28. The van der Waals surface area contributed by atoms with E-state index < -0.39 is 0 Å². The maximum absolute atomic E-state index is 10.3. The molecular formula is C14H15ClFeO. The molecule has 92 valence electrons. The average Bonchev–Trinajstić information content (AvgIpc) is 2.93.